The van der Waals surface area contributed by atoms with Gasteiger partial charge in [0.2, 0.25) is 0 Å². The first-order valence-corrected chi connectivity index (χ1v) is 5.31. The average Bonchev–Trinajstić information content (AvgIpc) is 2.04. The van der Waals surface area contributed by atoms with Gasteiger partial charge in [-0.2, -0.15) is 0 Å². The molecule has 1 nitrogen and oxygen atoms in total. The van der Waals surface area contributed by atoms with E-state index in [-0.39, 0.29) is 0 Å². The summed E-state index contributed by atoms with van der Waals surface area (Å²) in [5.41, 5.74) is 1.31. The second kappa shape index (κ2) is 5.21. The molecule has 0 atom stereocenters. The molecule has 0 heterocycles. The molecule has 0 aromatic heterocycles. The summed E-state index contributed by atoms with van der Waals surface area (Å²) in [5.74, 6) is 0. The molecule has 0 aliphatic carbocycles. The van der Waals surface area contributed by atoms with Crippen LogP contribution in [0.25, 0.3) is 0 Å². The average molecular weight is 239 g/mol. The molecule has 1 radical (unpaired) electrons. The fourth-order valence-corrected chi connectivity index (χ4v) is 1.90. The van der Waals surface area contributed by atoms with Gasteiger partial charge < -0.3 is 0 Å². The van der Waals surface area contributed by atoms with Crippen molar-refractivity contribution in [3.63, 3.8) is 0 Å². The third kappa shape index (κ3) is 4.25. The van der Waals surface area contributed by atoms with Crippen LogP contribution in [-0.4, -0.2) is 26.7 Å². The van der Waals surface area contributed by atoms with E-state index in [1.54, 1.807) is 0 Å². The summed E-state index contributed by atoms with van der Waals surface area (Å²) in [4.78, 5) is 4.43. The van der Waals surface area contributed by atoms with Gasteiger partial charge in [-0.3, -0.25) is 0 Å². The van der Waals surface area contributed by atoms with Crippen LogP contribution in [0.3, 0.4) is 0 Å². The zero-order valence-electron chi connectivity index (χ0n) is 8.03. The molecule has 2 heteroatoms. The van der Waals surface area contributed by atoms with Gasteiger partial charge in [0.1, 0.15) is 0 Å². The summed E-state index contributed by atoms with van der Waals surface area (Å²) in [5, 5.41) is 0. The molecular weight excluding hydrogens is 225 g/mol. The van der Waals surface area contributed by atoms with E-state index in [0.717, 1.165) is 11.0 Å². The van der Waals surface area contributed by atoms with Gasteiger partial charge in [-0.15, -0.1) is 0 Å². The monoisotopic (exact) mass is 240 g/mol. The summed E-state index contributed by atoms with van der Waals surface area (Å²) in [6.45, 7) is 4.17. The van der Waals surface area contributed by atoms with Gasteiger partial charge in [-0.1, -0.05) is 0 Å². The molecule has 13 heavy (non-hydrogen) atoms. The third-order valence-corrected chi connectivity index (χ3v) is 2.12. The van der Waals surface area contributed by atoms with Crippen LogP contribution in [-0.2, 0) is 6.42 Å². The standard InChI is InChI=1S/C11H14NSe/c1-9(2)12-11(13)8-10-6-4-3-5-7-10/h3-7,9H,8H2,1-2H3. The van der Waals surface area contributed by atoms with Crippen molar-refractivity contribution in [3.8, 4) is 0 Å². The van der Waals surface area contributed by atoms with Gasteiger partial charge >= 0.3 is 87.8 Å². The van der Waals surface area contributed by atoms with Crippen molar-refractivity contribution in [2.75, 3.05) is 0 Å². The third-order valence-electron chi connectivity index (χ3n) is 1.60. The van der Waals surface area contributed by atoms with E-state index in [0.29, 0.717) is 6.04 Å². The maximum absolute atomic E-state index is 4.43. The zero-order valence-corrected chi connectivity index (χ0v) is 9.74. The van der Waals surface area contributed by atoms with Crippen LogP contribution in [0.4, 0.5) is 0 Å². The Labute approximate surface area is 88.1 Å². The van der Waals surface area contributed by atoms with Crippen molar-refractivity contribution < 1.29 is 0 Å². The summed E-state index contributed by atoms with van der Waals surface area (Å²) in [7, 11) is 0. The molecule has 1 aromatic rings. The van der Waals surface area contributed by atoms with Crippen LogP contribution in [0.1, 0.15) is 19.4 Å². The zero-order chi connectivity index (χ0) is 9.68. The van der Waals surface area contributed by atoms with Gasteiger partial charge in [0, 0.05) is 0 Å². The van der Waals surface area contributed by atoms with Crippen molar-refractivity contribution >= 4 is 20.6 Å². The number of hydrogen-bond donors (Lipinski definition) is 0. The second-order valence-corrected chi connectivity index (χ2v) is 4.27. The summed E-state index contributed by atoms with van der Waals surface area (Å²) in [6.07, 6.45) is 0.916. The Morgan fingerprint density at radius 1 is 1.31 bits per heavy atom. The Kier molecular flexibility index (Phi) is 4.20. The SMILES string of the molecule is CC(C)N=C([Se])Cc1ccccc1. The first-order valence-electron chi connectivity index (χ1n) is 4.46. The molecule has 0 aliphatic heterocycles. The molecular formula is C11H14NSe. The van der Waals surface area contributed by atoms with E-state index < -0.39 is 0 Å². The number of benzene rings is 1. The van der Waals surface area contributed by atoms with Crippen LogP contribution >= 0.6 is 0 Å². The molecule has 0 bridgehead atoms. The van der Waals surface area contributed by atoms with Gasteiger partial charge in [0.15, 0.2) is 0 Å². The van der Waals surface area contributed by atoms with Crippen molar-refractivity contribution in [2.24, 2.45) is 4.99 Å². The van der Waals surface area contributed by atoms with Gasteiger partial charge in [-0.25, -0.2) is 0 Å². The number of nitrogens with zero attached hydrogens (tertiary/aromatic N) is 1. The molecule has 0 aliphatic rings. The predicted octanol–water partition coefficient (Wildman–Crippen LogP) is 2.20. The molecule has 1 aromatic carbocycles. The van der Waals surface area contributed by atoms with Crippen molar-refractivity contribution in [1.29, 1.82) is 0 Å². The first-order chi connectivity index (χ1) is 6.18. The summed E-state index contributed by atoms with van der Waals surface area (Å²) in [6, 6.07) is 10.7. The molecule has 0 unspecified atom stereocenters. The molecule has 69 valence electrons. The van der Waals surface area contributed by atoms with Crippen LogP contribution in [0.5, 0.6) is 0 Å². The van der Waals surface area contributed by atoms with Gasteiger partial charge in [-0.05, 0) is 0 Å². The predicted molar refractivity (Wildman–Crippen MR) is 58.5 cm³/mol. The normalized spacial score (nSPS) is 12.1. The number of aliphatic imine (C=N–C) groups is 1. The Morgan fingerprint density at radius 3 is 2.46 bits per heavy atom. The van der Waals surface area contributed by atoms with Crippen molar-refractivity contribution in [1.82, 2.24) is 0 Å². The Balaban J connectivity index is 2.60. The van der Waals surface area contributed by atoms with Crippen LogP contribution in [0, 0.1) is 0 Å². The minimum atomic E-state index is 0.375. The summed E-state index contributed by atoms with van der Waals surface area (Å²) < 4.78 is 1.08. The minimum absolute atomic E-state index is 0.375. The van der Waals surface area contributed by atoms with E-state index in [1.165, 1.54) is 5.56 Å². The van der Waals surface area contributed by atoms with E-state index in [1.807, 2.05) is 6.07 Å². The number of hydrogen-bond acceptors (Lipinski definition) is 1. The van der Waals surface area contributed by atoms with Crippen molar-refractivity contribution in [3.05, 3.63) is 35.9 Å². The van der Waals surface area contributed by atoms with Crippen LogP contribution in [0.15, 0.2) is 35.3 Å². The molecule has 0 saturated carbocycles. The Morgan fingerprint density at radius 2 is 1.92 bits per heavy atom. The topological polar surface area (TPSA) is 12.4 Å². The molecule has 0 fully saturated rings. The van der Waals surface area contributed by atoms with Crippen LogP contribution in [0.2, 0.25) is 0 Å². The quantitative estimate of drug-likeness (QED) is 0.566. The first kappa shape index (κ1) is 10.5. The van der Waals surface area contributed by atoms with Gasteiger partial charge in [0.25, 0.3) is 0 Å². The van der Waals surface area contributed by atoms with Crippen LogP contribution < -0.4 is 0 Å². The molecule has 1 rings (SSSR count). The van der Waals surface area contributed by atoms with E-state index in [2.05, 4.69) is 59.1 Å². The Bertz CT molecular complexity index is 277. The number of rotatable bonds is 3. The van der Waals surface area contributed by atoms with Gasteiger partial charge in [0.05, 0.1) is 0 Å². The van der Waals surface area contributed by atoms with E-state index >= 15 is 0 Å². The van der Waals surface area contributed by atoms with E-state index in [4.69, 9.17) is 0 Å². The summed E-state index contributed by atoms with van der Waals surface area (Å²) >= 11 is 3.01. The molecule has 0 saturated heterocycles. The fourth-order valence-electron chi connectivity index (χ4n) is 1.10. The molecule has 0 amide bonds. The molecule has 0 spiro atoms. The van der Waals surface area contributed by atoms with E-state index in [9.17, 15) is 0 Å². The van der Waals surface area contributed by atoms with Crippen molar-refractivity contribution in [2.45, 2.75) is 26.3 Å². The second-order valence-electron chi connectivity index (χ2n) is 3.28. The Hall–Kier alpha value is -0.591. The fraction of sp³-hybridized carbons (Fsp3) is 0.364. The maximum atomic E-state index is 4.43. The molecule has 0 N–H and O–H groups in total.